The van der Waals surface area contributed by atoms with Crippen LogP contribution in [-0.2, 0) is 4.74 Å². The van der Waals surface area contributed by atoms with Gasteiger partial charge in [-0.1, -0.05) is 0 Å². The van der Waals surface area contributed by atoms with E-state index >= 15 is 0 Å². The molecule has 1 fully saturated rings. The highest BCUT2D eigenvalue weighted by atomic mass is 16.6. The zero-order valence-electron chi connectivity index (χ0n) is 11.3. The minimum atomic E-state index is -0.680. The van der Waals surface area contributed by atoms with E-state index in [0.717, 1.165) is 13.1 Å². The molecule has 0 aliphatic carbocycles. The van der Waals surface area contributed by atoms with E-state index in [0.29, 0.717) is 19.6 Å². The Morgan fingerprint density at radius 1 is 1.29 bits per heavy atom. The van der Waals surface area contributed by atoms with Gasteiger partial charge in [-0.25, -0.2) is 4.79 Å². The van der Waals surface area contributed by atoms with Crippen molar-refractivity contribution in [3.8, 4) is 0 Å². The molecule has 1 saturated heterocycles. The van der Waals surface area contributed by atoms with E-state index in [1.165, 1.54) is 0 Å². The van der Waals surface area contributed by atoms with Crippen LogP contribution in [0.1, 0.15) is 27.7 Å². The van der Waals surface area contributed by atoms with Crippen LogP contribution in [0.3, 0.4) is 0 Å². The summed E-state index contributed by atoms with van der Waals surface area (Å²) in [7, 11) is 0. The van der Waals surface area contributed by atoms with Crippen molar-refractivity contribution in [3.05, 3.63) is 0 Å². The number of carbonyl (C=O) groups excluding carboxylic acids is 1. The maximum Gasteiger partial charge on any atom is 0.410 e. The third-order valence-electron chi connectivity index (χ3n) is 2.58. The highest BCUT2D eigenvalue weighted by molar-refractivity contribution is 5.67. The molecule has 1 N–H and O–H groups in total. The molecule has 0 spiro atoms. The quantitative estimate of drug-likeness (QED) is 0.802. The summed E-state index contributed by atoms with van der Waals surface area (Å²) >= 11 is 0. The maximum atomic E-state index is 11.6. The number of hydrogen-bond donors (Lipinski definition) is 1. The van der Waals surface area contributed by atoms with Gasteiger partial charge in [-0.2, -0.15) is 0 Å². The number of ether oxygens (including phenoxy) is 1. The molecule has 0 aromatic heterocycles. The van der Waals surface area contributed by atoms with Gasteiger partial charge in [0.1, 0.15) is 0 Å². The van der Waals surface area contributed by atoms with E-state index < -0.39 is 5.60 Å². The van der Waals surface area contributed by atoms with Crippen molar-refractivity contribution in [2.75, 3.05) is 32.7 Å². The van der Waals surface area contributed by atoms with Gasteiger partial charge in [0.2, 0.25) is 0 Å². The molecule has 1 amide bonds. The molecule has 1 rings (SSSR count). The summed E-state index contributed by atoms with van der Waals surface area (Å²) in [5, 5.41) is 9.72. The highest BCUT2D eigenvalue weighted by Gasteiger charge is 2.25. The van der Waals surface area contributed by atoms with Crippen molar-refractivity contribution < 1.29 is 14.6 Å². The first kappa shape index (κ1) is 14.3. The Morgan fingerprint density at radius 2 is 1.82 bits per heavy atom. The van der Waals surface area contributed by atoms with Crippen LogP contribution in [0.15, 0.2) is 0 Å². The predicted octanol–water partition coefficient (Wildman–Crippen LogP) is 0.920. The van der Waals surface area contributed by atoms with Gasteiger partial charge < -0.3 is 14.7 Å². The molecule has 0 saturated carbocycles. The van der Waals surface area contributed by atoms with Crippen molar-refractivity contribution in [1.29, 1.82) is 0 Å². The Labute approximate surface area is 103 Å². The minimum Gasteiger partial charge on any atom is -0.447 e. The lowest BCUT2D eigenvalue weighted by Crippen LogP contribution is -2.52. The van der Waals surface area contributed by atoms with Crippen LogP contribution < -0.4 is 0 Å². The number of piperazine rings is 1. The van der Waals surface area contributed by atoms with Crippen LogP contribution in [-0.4, -0.2) is 65.4 Å². The Kier molecular flexibility index (Phi) is 4.77. The number of nitrogens with zero attached hydrogens (tertiary/aromatic N) is 2. The zero-order valence-corrected chi connectivity index (χ0v) is 11.3. The van der Waals surface area contributed by atoms with Gasteiger partial charge in [0.25, 0.3) is 0 Å². The Hall–Kier alpha value is -0.810. The number of β-amino-alcohol motifs (C(OH)–C–C–N with tert-alkyl or cyclic N) is 1. The zero-order chi connectivity index (χ0) is 13.1. The molecule has 0 atom stereocenters. The van der Waals surface area contributed by atoms with E-state index in [1.807, 2.05) is 13.8 Å². The number of carbonyl (C=O) groups is 1. The number of rotatable bonds is 3. The summed E-state index contributed by atoms with van der Waals surface area (Å²) in [5.74, 6) is 0. The lowest BCUT2D eigenvalue weighted by molar-refractivity contribution is 0.0129. The third-order valence-corrected chi connectivity index (χ3v) is 2.58. The largest absolute Gasteiger partial charge is 0.447 e. The van der Waals surface area contributed by atoms with Crippen LogP contribution in [0.2, 0.25) is 0 Å². The average molecular weight is 244 g/mol. The molecule has 0 bridgehead atoms. The Balaban J connectivity index is 2.33. The van der Waals surface area contributed by atoms with E-state index in [-0.39, 0.29) is 12.2 Å². The van der Waals surface area contributed by atoms with E-state index in [9.17, 15) is 9.90 Å². The third kappa shape index (κ3) is 5.37. The maximum absolute atomic E-state index is 11.6. The fourth-order valence-electron chi connectivity index (χ4n) is 1.91. The second-order valence-electron chi connectivity index (χ2n) is 5.51. The smallest absolute Gasteiger partial charge is 0.410 e. The fraction of sp³-hybridized carbons (Fsp3) is 0.917. The normalized spacial score (nSPS) is 18.6. The fourth-order valence-corrected chi connectivity index (χ4v) is 1.91. The van der Waals surface area contributed by atoms with Gasteiger partial charge in [-0.3, -0.25) is 4.90 Å². The van der Waals surface area contributed by atoms with Gasteiger partial charge in [0.05, 0.1) is 11.7 Å². The molecule has 1 heterocycles. The first-order valence-corrected chi connectivity index (χ1v) is 6.18. The molecule has 5 nitrogen and oxygen atoms in total. The molecule has 100 valence electrons. The topological polar surface area (TPSA) is 53.0 Å². The van der Waals surface area contributed by atoms with Crippen molar-refractivity contribution >= 4 is 6.09 Å². The van der Waals surface area contributed by atoms with Gasteiger partial charge in [-0.15, -0.1) is 0 Å². The van der Waals surface area contributed by atoms with E-state index in [2.05, 4.69) is 4.90 Å². The summed E-state index contributed by atoms with van der Waals surface area (Å²) in [4.78, 5) is 15.5. The number of aliphatic hydroxyl groups is 1. The molecule has 1 aliphatic heterocycles. The van der Waals surface area contributed by atoms with Crippen LogP contribution >= 0.6 is 0 Å². The van der Waals surface area contributed by atoms with Gasteiger partial charge in [0.15, 0.2) is 0 Å². The Morgan fingerprint density at radius 3 is 2.24 bits per heavy atom. The predicted molar refractivity (Wildman–Crippen MR) is 65.9 cm³/mol. The Bertz CT molecular complexity index is 253. The molecule has 0 aromatic rings. The second-order valence-corrected chi connectivity index (χ2v) is 5.51. The molecule has 0 unspecified atom stereocenters. The molecule has 17 heavy (non-hydrogen) atoms. The van der Waals surface area contributed by atoms with Crippen LogP contribution in [0.5, 0.6) is 0 Å². The first-order chi connectivity index (χ1) is 7.78. The average Bonchev–Trinajstić information content (AvgIpc) is 2.15. The summed E-state index contributed by atoms with van der Waals surface area (Å²) in [6.07, 6.45) is -0.306. The van der Waals surface area contributed by atoms with Gasteiger partial charge >= 0.3 is 6.09 Å². The van der Waals surface area contributed by atoms with Crippen molar-refractivity contribution in [3.63, 3.8) is 0 Å². The lowest BCUT2D eigenvalue weighted by atomic mass is 10.1. The second kappa shape index (κ2) is 5.69. The lowest BCUT2D eigenvalue weighted by Gasteiger charge is -2.36. The number of amides is 1. The van der Waals surface area contributed by atoms with Crippen LogP contribution in [0, 0.1) is 0 Å². The summed E-state index contributed by atoms with van der Waals surface area (Å²) in [5.41, 5.74) is -0.680. The molecule has 5 heteroatoms. The van der Waals surface area contributed by atoms with E-state index in [4.69, 9.17) is 4.74 Å². The van der Waals surface area contributed by atoms with Crippen molar-refractivity contribution in [1.82, 2.24) is 9.80 Å². The summed E-state index contributed by atoms with van der Waals surface area (Å²) < 4.78 is 5.14. The molecular weight excluding hydrogens is 220 g/mol. The monoisotopic (exact) mass is 244 g/mol. The summed E-state index contributed by atoms with van der Waals surface area (Å²) in [6.45, 7) is 10.8. The summed E-state index contributed by atoms with van der Waals surface area (Å²) in [6, 6.07) is 0. The standard InChI is InChI=1S/C12H24N2O3/c1-10(2)17-11(15)14-7-5-13(6-8-14)9-12(3,4)16/h10,16H,5-9H2,1-4H3. The van der Waals surface area contributed by atoms with Gasteiger partial charge in [0, 0.05) is 32.7 Å². The molecular formula is C12H24N2O3. The van der Waals surface area contributed by atoms with Crippen LogP contribution in [0.4, 0.5) is 4.79 Å². The first-order valence-electron chi connectivity index (χ1n) is 6.18. The SMILES string of the molecule is CC(C)OC(=O)N1CCN(CC(C)(C)O)CC1. The molecule has 0 aromatic carbocycles. The highest BCUT2D eigenvalue weighted by Crippen LogP contribution is 2.09. The van der Waals surface area contributed by atoms with E-state index in [1.54, 1.807) is 18.7 Å². The van der Waals surface area contributed by atoms with Crippen LogP contribution in [0.25, 0.3) is 0 Å². The van der Waals surface area contributed by atoms with Crippen molar-refractivity contribution in [2.45, 2.75) is 39.4 Å². The van der Waals surface area contributed by atoms with Gasteiger partial charge in [-0.05, 0) is 27.7 Å². The number of hydrogen-bond acceptors (Lipinski definition) is 4. The molecule has 0 radical (unpaired) electrons. The van der Waals surface area contributed by atoms with Crippen molar-refractivity contribution in [2.24, 2.45) is 0 Å². The minimum absolute atomic E-state index is 0.0723. The molecule has 1 aliphatic rings.